The molecule has 0 spiro atoms. The molecule has 144 valence electrons. The molecule has 0 atom stereocenters. The molecule has 7 heteroatoms. The Balaban J connectivity index is 1.71. The summed E-state index contributed by atoms with van der Waals surface area (Å²) in [6.07, 6.45) is 6.91. The van der Waals surface area contributed by atoms with Crippen LogP contribution < -0.4 is 0 Å². The predicted octanol–water partition coefficient (Wildman–Crippen LogP) is 2.50. The van der Waals surface area contributed by atoms with Crippen molar-refractivity contribution in [3.63, 3.8) is 0 Å². The zero-order valence-corrected chi connectivity index (χ0v) is 16.2. The highest BCUT2D eigenvalue weighted by Crippen LogP contribution is 2.23. The number of hydrogen-bond donors (Lipinski definition) is 0. The van der Waals surface area contributed by atoms with Crippen LogP contribution in [0, 0.1) is 0 Å². The summed E-state index contributed by atoms with van der Waals surface area (Å²) in [5, 5.41) is 0. The highest BCUT2D eigenvalue weighted by molar-refractivity contribution is 7.89. The largest absolute Gasteiger partial charge is 0.379 e. The molecule has 1 aromatic carbocycles. The van der Waals surface area contributed by atoms with Crippen LogP contribution in [-0.4, -0.2) is 62.9 Å². The van der Waals surface area contributed by atoms with Gasteiger partial charge < -0.3 is 9.64 Å². The number of hydrogen-bond acceptors (Lipinski definition) is 4. The molecule has 0 bridgehead atoms. The minimum absolute atomic E-state index is 0.0350. The standard InChI is InChI=1S/C19H28N2O4S/c1-20(17-6-4-2-3-5-7-17)19(22)16-8-10-18(11-9-16)26(23,24)21-12-14-25-15-13-21/h8-11,17H,2-7,12-15H2,1H3. The zero-order chi connectivity index (χ0) is 18.6. The number of rotatable bonds is 4. The summed E-state index contributed by atoms with van der Waals surface area (Å²) in [7, 11) is -1.66. The Morgan fingerprint density at radius 1 is 1.04 bits per heavy atom. The second-order valence-electron chi connectivity index (χ2n) is 7.10. The van der Waals surface area contributed by atoms with Crippen molar-refractivity contribution in [3.05, 3.63) is 29.8 Å². The van der Waals surface area contributed by atoms with Crippen molar-refractivity contribution < 1.29 is 17.9 Å². The smallest absolute Gasteiger partial charge is 0.253 e. The minimum atomic E-state index is -3.52. The van der Waals surface area contributed by atoms with Gasteiger partial charge in [-0.25, -0.2) is 8.42 Å². The Morgan fingerprint density at radius 2 is 1.62 bits per heavy atom. The van der Waals surface area contributed by atoms with Crippen molar-refractivity contribution >= 4 is 15.9 Å². The molecule has 1 amide bonds. The van der Waals surface area contributed by atoms with Gasteiger partial charge in [-0.3, -0.25) is 4.79 Å². The Labute approximate surface area is 156 Å². The molecular formula is C19H28N2O4S. The van der Waals surface area contributed by atoms with Gasteiger partial charge >= 0.3 is 0 Å². The van der Waals surface area contributed by atoms with E-state index in [0.717, 1.165) is 12.8 Å². The average molecular weight is 381 g/mol. The first kappa shape index (κ1) is 19.3. The Hall–Kier alpha value is -1.44. The number of carbonyl (C=O) groups is 1. The molecule has 0 unspecified atom stereocenters. The van der Waals surface area contributed by atoms with Crippen LogP contribution in [0.15, 0.2) is 29.2 Å². The van der Waals surface area contributed by atoms with Gasteiger partial charge in [0.2, 0.25) is 10.0 Å². The molecule has 1 saturated carbocycles. The SMILES string of the molecule is CN(C(=O)c1ccc(S(=O)(=O)N2CCOCC2)cc1)C1CCCCCC1. The van der Waals surface area contributed by atoms with Crippen LogP contribution >= 0.6 is 0 Å². The van der Waals surface area contributed by atoms with Crippen molar-refractivity contribution in [2.24, 2.45) is 0 Å². The van der Waals surface area contributed by atoms with E-state index >= 15 is 0 Å². The van der Waals surface area contributed by atoms with Crippen molar-refractivity contribution in [1.82, 2.24) is 9.21 Å². The van der Waals surface area contributed by atoms with Crippen molar-refractivity contribution in [2.75, 3.05) is 33.4 Å². The van der Waals surface area contributed by atoms with E-state index in [1.54, 1.807) is 24.3 Å². The van der Waals surface area contributed by atoms with Gasteiger partial charge in [0.25, 0.3) is 5.91 Å². The number of nitrogens with zero attached hydrogens (tertiary/aromatic N) is 2. The van der Waals surface area contributed by atoms with E-state index in [-0.39, 0.29) is 16.8 Å². The molecule has 3 rings (SSSR count). The molecule has 1 saturated heterocycles. The van der Waals surface area contributed by atoms with Gasteiger partial charge in [0, 0.05) is 31.7 Å². The number of ether oxygens (including phenoxy) is 1. The molecule has 2 aliphatic rings. The Morgan fingerprint density at radius 3 is 2.19 bits per heavy atom. The minimum Gasteiger partial charge on any atom is -0.379 e. The normalized spacial score (nSPS) is 20.5. The third kappa shape index (κ3) is 4.27. The lowest BCUT2D eigenvalue weighted by Gasteiger charge is -2.28. The molecule has 0 N–H and O–H groups in total. The van der Waals surface area contributed by atoms with E-state index < -0.39 is 10.0 Å². The van der Waals surface area contributed by atoms with Crippen molar-refractivity contribution in [3.8, 4) is 0 Å². The second-order valence-corrected chi connectivity index (χ2v) is 9.04. The van der Waals surface area contributed by atoms with Crippen LogP contribution in [0.1, 0.15) is 48.9 Å². The van der Waals surface area contributed by atoms with Gasteiger partial charge in [-0.1, -0.05) is 25.7 Å². The van der Waals surface area contributed by atoms with E-state index in [4.69, 9.17) is 4.74 Å². The summed E-state index contributed by atoms with van der Waals surface area (Å²) in [6.45, 7) is 1.57. The fourth-order valence-corrected chi connectivity index (χ4v) is 5.13. The van der Waals surface area contributed by atoms with Gasteiger partial charge in [0.1, 0.15) is 0 Å². The summed E-state index contributed by atoms with van der Waals surface area (Å²) in [5.74, 6) is -0.0350. The number of benzene rings is 1. The van der Waals surface area contributed by atoms with Crippen LogP contribution in [0.3, 0.4) is 0 Å². The third-order valence-electron chi connectivity index (χ3n) is 5.40. The van der Waals surface area contributed by atoms with E-state index in [1.165, 1.54) is 30.0 Å². The highest BCUT2D eigenvalue weighted by atomic mass is 32.2. The van der Waals surface area contributed by atoms with E-state index in [0.29, 0.717) is 31.9 Å². The molecule has 1 heterocycles. The maximum absolute atomic E-state index is 12.8. The van der Waals surface area contributed by atoms with Crippen LogP contribution in [0.4, 0.5) is 0 Å². The fourth-order valence-electron chi connectivity index (χ4n) is 3.72. The highest BCUT2D eigenvalue weighted by Gasteiger charge is 2.27. The lowest BCUT2D eigenvalue weighted by Crippen LogP contribution is -2.40. The summed E-state index contributed by atoms with van der Waals surface area (Å²) < 4.78 is 32.0. The lowest BCUT2D eigenvalue weighted by atomic mass is 10.1. The topological polar surface area (TPSA) is 66.9 Å². The first-order valence-electron chi connectivity index (χ1n) is 9.45. The average Bonchev–Trinajstić information content (AvgIpc) is 2.97. The molecule has 1 aliphatic heterocycles. The van der Waals surface area contributed by atoms with Gasteiger partial charge in [0.15, 0.2) is 0 Å². The molecule has 26 heavy (non-hydrogen) atoms. The predicted molar refractivity (Wildman–Crippen MR) is 99.6 cm³/mol. The van der Waals surface area contributed by atoms with Gasteiger partial charge in [-0.2, -0.15) is 4.31 Å². The molecule has 0 aromatic heterocycles. The second kappa shape index (κ2) is 8.50. The molecule has 1 aromatic rings. The maximum atomic E-state index is 12.8. The first-order chi connectivity index (χ1) is 12.5. The number of amides is 1. The molecule has 1 aliphatic carbocycles. The quantitative estimate of drug-likeness (QED) is 0.753. The van der Waals surface area contributed by atoms with Gasteiger partial charge in [-0.05, 0) is 37.1 Å². The Bertz CT molecular complexity index is 704. The first-order valence-corrected chi connectivity index (χ1v) is 10.9. The summed E-state index contributed by atoms with van der Waals surface area (Å²) in [4.78, 5) is 14.8. The number of carbonyl (C=O) groups excluding carboxylic acids is 1. The molecule has 0 radical (unpaired) electrons. The van der Waals surface area contributed by atoms with Crippen LogP contribution in [0.2, 0.25) is 0 Å². The lowest BCUT2D eigenvalue weighted by molar-refractivity contribution is 0.0717. The summed E-state index contributed by atoms with van der Waals surface area (Å²) in [6, 6.07) is 6.62. The van der Waals surface area contributed by atoms with E-state index in [9.17, 15) is 13.2 Å². The van der Waals surface area contributed by atoms with Crippen LogP contribution in [0.5, 0.6) is 0 Å². The van der Waals surface area contributed by atoms with Gasteiger partial charge in [-0.15, -0.1) is 0 Å². The number of sulfonamides is 1. The molecular weight excluding hydrogens is 352 g/mol. The monoisotopic (exact) mass is 380 g/mol. The van der Waals surface area contributed by atoms with Crippen LogP contribution in [0.25, 0.3) is 0 Å². The number of morpholine rings is 1. The molecule has 2 fully saturated rings. The van der Waals surface area contributed by atoms with E-state index in [2.05, 4.69) is 0 Å². The fraction of sp³-hybridized carbons (Fsp3) is 0.632. The van der Waals surface area contributed by atoms with Gasteiger partial charge in [0.05, 0.1) is 18.1 Å². The summed E-state index contributed by atoms with van der Waals surface area (Å²) in [5.41, 5.74) is 0.540. The van der Waals surface area contributed by atoms with Crippen molar-refractivity contribution in [1.29, 1.82) is 0 Å². The maximum Gasteiger partial charge on any atom is 0.253 e. The summed E-state index contributed by atoms with van der Waals surface area (Å²) >= 11 is 0. The third-order valence-corrected chi connectivity index (χ3v) is 7.31. The Kier molecular flexibility index (Phi) is 6.32. The molecule has 6 nitrogen and oxygen atoms in total. The van der Waals surface area contributed by atoms with E-state index in [1.807, 2.05) is 11.9 Å². The van der Waals surface area contributed by atoms with Crippen molar-refractivity contribution in [2.45, 2.75) is 49.5 Å². The van der Waals surface area contributed by atoms with Crippen LogP contribution in [-0.2, 0) is 14.8 Å². The zero-order valence-electron chi connectivity index (χ0n) is 15.4.